The van der Waals surface area contributed by atoms with E-state index in [1.807, 2.05) is 0 Å². The molecule has 1 N–H and O–H groups in total. The molecule has 0 bridgehead atoms. The van der Waals surface area contributed by atoms with Crippen molar-refractivity contribution in [2.24, 2.45) is 46.3 Å². The first-order valence-corrected chi connectivity index (χ1v) is 17.5. The summed E-state index contributed by atoms with van der Waals surface area (Å²) in [6.45, 7) is 13.8. The Kier molecular flexibility index (Phi) is 8.00. The lowest BCUT2D eigenvalue weighted by Crippen LogP contribution is -2.57. The average molecular weight is 505 g/mol. The van der Waals surface area contributed by atoms with E-state index in [2.05, 4.69) is 41.5 Å². The predicted octanol–water partition coefficient (Wildman–Crippen LogP) is 7.15. The molecule has 4 aliphatic carbocycles. The molecule has 0 spiro atoms. The molecule has 0 radical (unpaired) electrons. The number of ketones is 1. The summed E-state index contributed by atoms with van der Waals surface area (Å²) < 4.78 is 6.12. The number of carbonyl (C=O) groups excluding carboxylic acids is 2. The molecule has 0 aliphatic heterocycles. The van der Waals surface area contributed by atoms with Crippen LogP contribution in [0.25, 0.3) is 0 Å². The van der Waals surface area contributed by atoms with E-state index in [1.165, 1.54) is 19.3 Å². The van der Waals surface area contributed by atoms with Crippen molar-refractivity contribution in [3.8, 4) is 0 Å². The predicted molar refractivity (Wildman–Crippen MR) is 143 cm³/mol. The first-order valence-electron chi connectivity index (χ1n) is 15.0. The summed E-state index contributed by atoms with van der Waals surface area (Å²) >= 11 is 0. The van der Waals surface area contributed by atoms with Crippen molar-refractivity contribution >= 4 is 20.1 Å². The summed E-state index contributed by atoms with van der Waals surface area (Å²) in [5, 5.41) is 10.3. The van der Waals surface area contributed by atoms with E-state index >= 15 is 0 Å². The van der Waals surface area contributed by atoms with E-state index in [1.54, 1.807) is 0 Å². The van der Waals surface area contributed by atoms with Gasteiger partial charge in [0.05, 0.1) is 6.10 Å². The quantitative estimate of drug-likeness (QED) is 0.357. The molecule has 0 aromatic rings. The van der Waals surface area contributed by atoms with Gasteiger partial charge in [-0.25, -0.2) is 0 Å². The van der Waals surface area contributed by atoms with Gasteiger partial charge in [-0.2, -0.15) is 0 Å². The second-order valence-electron chi connectivity index (χ2n) is 13.5. The third-order valence-electron chi connectivity index (χ3n) is 12.3. The maximum absolute atomic E-state index is 13.6. The minimum Gasteiger partial charge on any atom is -0.519 e. The second-order valence-corrected chi connectivity index (χ2v) is 18.2. The van der Waals surface area contributed by atoms with Crippen LogP contribution in [0.1, 0.15) is 106 Å². The molecule has 9 atom stereocenters. The van der Waals surface area contributed by atoms with Crippen molar-refractivity contribution in [3.05, 3.63) is 0 Å². The molecule has 0 amide bonds. The summed E-state index contributed by atoms with van der Waals surface area (Å²) in [7, 11) is -1.88. The van der Waals surface area contributed by atoms with E-state index < -0.39 is 8.32 Å². The Morgan fingerprint density at radius 2 is 1.66 bits per heavy atom. The Labute approximate surface area is 215 Å². The van der Waals surface area contributed by atoms with Crippen molar-refractivity contribution in [1.82, 2.24) is 0 Å². The number of rotatable bonds is 8. The fourth-order valence-electron chi connectivity index (χ4n) is 9.69. The lowest BCUT2D eigenvalue weighted by molar-refractivity contribution is -0.160. The number of fused-ring (bicyclic) bond motifs is 5. The minimum absolute atomic E-state index is 0.0263. The van der Waals surface area contributed by atoms with E-state index in [-0.39, 0.29) is 28.8 Å². The van der Waals surface area contributed by atoms with Crippen LogP contribution in [0.5, 0.6) is 0 Å². The number of Topliss-reactive ketones (excluding diaryl/α,β-unsaturated/α-hetero) is 1. The van der Waals surface area contributed by atoms with Crippen molar-refractivity contribution in [3.63, 3.8) is 0 Å². The lowest BCUT2D eigenvalue weighted by Gasteiger charge is -2.60. The summed E-state index contributed by atoms with van der Waals surface area (Å²) in [6, 6.07) is 3.04. The molecule has 0 saturated heterocycles. The molecule has 0 unspecified atom stereocenters. The Morgan fingerprint density at radius 3 is 2.31 bits per heavy atom. The highest BCUT2D eigenvalue weighted by Crippen LogP contribution is 2.67. The number of aliphatic hydroxyl groups is 1. The van der Waals surface area contributed by atoms with Crippen LogP contribution >= 0.6 is 0 Å². The van der Waals surface area contributed by atoms with Crippen LogP contribution in [-0.4, -0.2) is 31.3 Å². The molecule has 5 heteroatoms. The molecule has 0 heterocycles. The van der Waals surface area contributed by atoms with Crippen molar-refractivity contribution in [2.45, 2.75) is 130 Å². The molecule has 4 saturated carbocycles. The normalized spacial score (nSPS) is 42.1. The van der Waals surface area contributed by atoms with Gasteiger partial charge in [-0.1, -0.05) is 41.5 Å². The summed E-state index contributed by atoms with van der Waals surface area (Å²) in [5.41, 5.74) is 0.438. The van der Waals surface area contributed by atoms with Crippen LogP contribution in [0.2, 0.25) is 18.1 Å². The SMILES string of the molecule is CC[Si](CC)(CC)OC(=O)CC[C@@H](C)[C@H]1CC[C@H]2[C@@H]3C(=O)C[C@@H]4C[C@H](O)CC[C@]4(C)[C@H]3CC[C@]12C. The maximum Gasteiger partial charge on any atom is 0.292 e. The van der Waals surface area contributed by atoms with Gasteiger partial charge >= 0.3 is 0 Å². The standard InChI is InChI=1S/C30H52O4Si/c1-7-35(8-2,9-3)34-27(33)13-10-20(4)23-11-12-24-28-25(15-17-30(23,24)6)29(5)16-14-22(31)18-21(29)19-26(28)32/h20-25,28,31H,7-19H2,1-6H3/t20-,21+,22-,23-,24+,25+,28+,29+,30-/m1/s1. The monoisotopic (exact) mass is 504 g/mol. The average Bonchev–Trinajstić information content (AvgIpc) is 3.19. The lowest BCUT2D eigenvalue weighted by atomic mass is 9.44. The first kappa shape index (κ1) is 27.4. The van der Waals surface area contributed by atoms with Crippen LogP contribution in [0.15, 0.2) is 0 Å². The van der Waals surface area contributed by atoms with Gasteiger partial charge in [0, 0.05) is 18.8 Å². The Balaban J connectivity index is 1.42. The van der Waals surface area contributed by atoms with Crippen LogP contribution < -0.4 is 0 Å². The highest BCUT2D eigenvalue weighted by atomic mass is 28.4. The molecular formula is C30H52O4Si. The van der Waals surface area contributed by atoms with Gasteiger partial charge < -0.3 is 9.53 Å². The van der Waals surface area contributed by atoms with Crippen molar-refractivity contribution in [1.29, 1.82) is 0 Å². The third-order valence-corrected chi connectivity index (χ3v) is 16.8. The summed E-state index contributed by atoms with van der Waals surface area (Å²) in [5.74, 6) is 3.20. The van der Waals surface area contributed by atoms with E-state index in [4.69, 9.17) is 4.43 Å². The van der Waals surface area contributed by atoms with E-state index in [0.717, 1.165) is 50.2 Å². The van der Waals surface area contributed by atoms with E-state index in [0.29, 0.717) is 48.2 Å². The number of carbonyl (C=O) groups is 2. The number of hydrogen-bond acceptors (Lipinski definition) is 4. The van der Waals surface area contributed by atoms with Crippen LogP contribution in [0.3, 0.4) is 0 Å². The molecule has 0 aromatic carbocycles. The topological polar surface area (TPSA) is 63.6 Å². The van der Waals surface area contributed by atoms with Crippen molar-refractivity contribution in [2.75, 3.05) is 0 Å². The fraction of sp³-hybridized carbons (Fsp3) is 0.933. The van der Waals surface area contributed by atoms with Crippen molar-refractivity contribution < 1.29 is 19.1 Å². The molecule has 4 aliphatic rings. The molecule has 35 heavy (non-hydrogen) atoms. The second kappa shape index (κ2) is 10.2. The Hall–Kier alpha value is -0.683. The molecule has 4 nitrogen and oxygen atoms in total. The van der Waals surface area contributed by atoms with E-state index in [9.17, 15) is 14.7 Å². The minimum atomic E-state index is -1.88. The molecule has 0 aromatic heterocycles. The number of hydrogen-bond donors (Lipinski definition) is 1. The van der Waals surface area contributed by atoms with Crippen LogP contribution in [0.4, 0.5) is 0 Å². The van der Waals surface area contributed by atoms with Gasteiger partial charge in [-0.15, -0.1) is 0 Å². The zero-order chi connectivity index (χ0) is 25.6. The Morgan fingerprint density at radius 1 is 1.03 bits per heavy atom. The third kappa shape index (κ3) is 4.71. The maximum atomic E-state index is 13.6. The van der Waals surface area contributed by atoms with Crippen LogP contribution in [0, 0.1) is 46.3 Å². The first-order chi connectivity index (χ1) is 16.5. The van der Waals surface area contributed by atoms with Gasteiger partial charge in [0.1, 0.15) is 5.78 Å². The van der Waals surface area contributed by atoms with Gasteiger partial charge in [-0.3, -0.25) is 9.59 Å². The van der Waals surface area contributed by atoms with Gasteiger partial charge in [-0.05, 0) is 110 Å². The van der Waals surface area contributed by atoms with Crippen LogP contribution in [-0.2, 0) is 14.0 Å². The highest BCUT2D eigenvalue weighted by molar-refractivity contribution is 6.74. The zero-order valence-electron chi connectivity index (χ0n) is 23.4. The summed E-state index contributed by atoms with van der Waals surface area (Å²) in [6.07, 6.45) is 9.48. The summed E-state index contributed by atoms with van der Waals surface area (Å²) in [4.78, 5) is 26.4. The highest BCUT2D eigenvalue weighted by Gasteiger charge is 2.63. The fourth-order valence-corrected chi connectivity index (χ4v) is 12.2. The Bertz CT molecular complexity index is 785. The zero-order valence-corrected chi connectivity index (χ0v) is 24.4. The molecule has 200 valence electrons. The molecule has 4 fully saturated rings. The van der Waals surface area contributed by atoms with Gasteiger partial charge in [0.2, 0.25) is 0 Å². The van der Waals surface area contributed by atoms with Gasteiger partial charge in [0.15, 0.2) is 0 Å². The smallest absolute Gasteiger partial charge is 0.292 e. The number of aliphatic hydroxyl groups excluding tert-OH is 1. The van der Waals surface area contributed by atoms with Gasteiger partial charge in [0.25, 0.3) is 14.3 Å². The largest absolute Gasteiger partial charge is 0.519 e. The molecule has 4 rings (SSSR count). The molecular weight excluding hydrogens is 452 g/mol.